The first-order chi connectivity index (χ1) is 9.31. The first-order valence-electron chi connectivity index (χ1n) is 6.75. The Morgan fingerprint density at radius 2 is 2.14 bits per heavy atom. The molecule has 5 nitrogen and oxygen atoms in total. The molecular formula is C14H20Cl2N4O. The van der Waals surface area contributed by atoms with E-state index in [2.05, 4.69) is 20.6 Å². The molecule has 2 heterocycles. The van der Waals surface area contributed by atoms with Crippen molar-refractivity contribution in [2.75, 3.05) is 6.54 Å². The number of aromatic nitrogens is 2. The van der Waals surface area contributed by atoms with Gasteiger partial charge >= 0.3 is 0 Å². The predicted octanol–water partition coefficient (Wildman–Crippen LogP) is 2.16. The molecule has 0 bridgehead atoms. The van der Waals surface area contributed by atoms with E-state index in [9.17, 15) is 4.79 Å². The molecule has 2 aromatic rings. The normalized spacial score (nSPS) is 17.0. The van der Waals surface area contributed by atoms with Gasteiger partial charge in [-0.15, -0.1) is 24.8 Å². The molecule has 1 fully saturated rings. The van der Waals surface area contributed by atoms with Gasteiger partial charge in [0.05, 0.1) is 17.6 Å². The van der Waals surface area contributed by atoms with Gasteiger partial charge < -0.3 is 15.6 Å². The summed E-state index contributed by atoms with van der Waals surface area (Å²) in [6.45, 7) is 1.49. The van der Waals surface area contributed by atoms with Crippen molar-refractivity contribution >= 4 is 41.8 Å². The van der Waals surface area contributed by atoms with Crippen LogP contribution in [0, 0.1) is 0 Å². The van der Waals surface area contributed by atoms with Crippen LogP contribution in [-0.4, -0.2) is 28.5 Å². The lowest BCUT2D eigenvalue weighted by Gasteiger charge is -2.09. The fourth-order valence-corrected chi connectivity index (χ4v) is 2.50. The van der Waals surface area contributed by atoms with Crippen LogP contribution in [0.5, 0.6) is 0 Å². The molecule has 21 heavy (non-hydrogen) atoms. The molecule has 0 radical (unpaired) electrons. The molecule has 3 N–H and O–H groups in total. The second-order valence-electron chi connectivity index (χ2n) is 4.97. The van der Waals surface area contributed by atoms with Crippen LogP contribution in [0.15, 0.2) is 24.3 Å². The molecule has 1 aromatic carbocycles. The number of rotatable bonds is 4. The Labute approximate surface area is 136 Å². The first kappa shape index (κ1) is 17.8. The topological polar surface area (TPSA) is 69.8 Å². The Bertz CT molecular complexity index is 548. The third-order valence-corrected chi connectivity index (χ3v) is 3.49. The van der Waals surface area contributed by atoms with E-state index in [1.54, 1.807) is 0 Å². The van der Waals surface area contributed by atoms with E-state index >= 15 is 0 Å². The van der Waals surface area contributed by atoms with E-state index < -0.39 is 0 Å². The number of benzene rings is 1. The van der Waals surface area contributed by atoms with Gasteiger partial charge in [0.1, 0.15) is 5.82 Å². The maximum absolute atomic E-state index is 11.8. The zero-order valence-electron chi connectivity index (χ0n) is 11.6. The van der Waals surface area contributed by atoms with Crippen LogP contribution in [0.1, 0.15) is 25.1 Å². The average molecular weight is 331 g/mol. The maximum atomic E-state index is 11.8. The number of H-pyrrole nitrogens is 1. The Kier molecular flexibility index (Phi) is 6.95. The highest BCUT2D eigenvalue weighted by molar-refractivity contribution is 5.85. The van der Waals surface area contributed by atoms with Gasteiger partial charge in [-0.3, -0.25) is 4.79 Å². The average Bonchev–Trinajstić information content (AvgIpc) is 3.04. The van der Waals surface area contributed by atoms with Crippen LogP contribution in [0.4, 0.5) is 0 Å². The van der Waals surface area contributed by atoms with Crippen molar-refractivity contribution in [2.45, 2.75) is 31.8 Å². The number of amides is 1. The molecule has 0 aliphatic carbocycles. The molecule has 0 spiro atoms. The molecule has 3 rings (SSSR count). The number of nitrogens with one attached hydrogen (secondary N) is 3. The lowest BCUT2D eigenvalue weighted by molar-refractivity contribution is -0.121. The number of para-hydroxylation sites is 2. The fraction of sp³-hybridized carbons (Fsp3) is 0.429. The van der Waals surface area contributed by atoms with E-state index in [4.69, 9.17) is 0 Å². The summed E-state index contributed by atoms with van der Waals surface area (Å²) in [5.74, 6) is 0.883. The van der Waals surface area contributed by atoms with Crippen LogP contribution in [0.3, 0.4) is 0 Å². The van der Waals surface area contributed by atoms with Crippen LogP contribution in [0.2, 0.25) is 0 Å². The molecular weight excluding hydrogens is 311 g/mol. The minimum absolute atomic E-state index is 0. The Balaban J connectivity index is 0.00000110. The second-order valence-corrected chi connectivity index (χ2v) is 4.97. The number of carbonyl (C=O) groups is 1. The summed E-state index contributed by atoms with van der Waals surface area (Å²) in [5.41, 5.74) is 1.94. The third kappa shape index (κ3) is 4.59. The molecule has 116 valence electrons. The summed E-state index contributed by atoms with van der Waals surface area (Å²) in [6.07, 6.45) is 2.82. The molecule has 1 aliphatic rings. The van der Waals surface area contributed by atoms with Crippen molar-refractivity contribution in [3.63, 3.8) is 0 Å². The summed E-state index contributed by atoms with van der Waals surface area (Å²) in [4.78, 5) is 19.4. The number of hydrogen-bond donors (Lipinski definition) is 3. The summed E-state index contributed by atoms with van der Waals surface area (Å²) in [7, 11) is 0. The molecule has 1 saturated heterocycles. The second kappa shape index (κ2) is 8.22. The number of hydrogen-bond acceptors (Lipinski definition) is 3. The lowest BCUT2D eigenvalue weighted by atomic mass is 10.1. The zero-order chi connectivity index (χ0) is 13.1. The molecule has 1 amide bonds. The Morgan fingerprint density at radius 1 is 1.33 bits per heavy atom. The molecule has 7 heteroatoms. The molecule has 1 atom stereocenters. The van der Waals surface area contributed by atoms with Gasteiger partial charge in [0, 0.05) is 12.5 Å². The fourth-order valence-electron chi connectivity index (χ4n) is 2.50. The van der Waals surface area contributed by atoms with Crippen molar-refractivity contribution in [3.05, 3.63) is 30.1 Å². The number of aromatic amines is 1. The summed E-state index contributed by atoms with van der Waals surface area (Å²) in [5, 5.41) is 6.24. The smallest absolute Gasteiger partial charge is 0.221 e. The molecule has 1 aromatic heterocycles. The largest absolute Gasteiger partial charge is 0.349 e. The van der Waals surface area contributed by atoms with Crippen LogP contribution in [0.25, 0.3) is 11.0 Å². The van der Waals surface area contributed by atoms with Gasteiger partial charge in [0.15, 0.2) is 0 Å². The van der Waals surface area contributed by atoms with Crippen molar-refractivity contribution in [3.8, 4) is 0 Å². The van der Waals surface area contributed by atoms with Gasteiger partial charge in [-0.25, -0.2) is 4.98 Å². The van der Waals surface area contributed by atoms with Gasteiger partial charge in [0.2, 0.25) is 5.91 Å². The van der Waals surface area contributed by atoms with Crippen molar-refractivity contribution < 1.29 is 4.79 Å². The van der Waals surface area contributed by atoms with E-state index in [1.807, 2.05) is 24.3 Å². The number of fused-ring (bicyclic) bond motifs is 1. The highest BCUT2D eigenvalue weighted by Gasteiger charge is 2.17. The van der Waals surface area contributed by atoms with Gasteiger partial charge in [0.25, 0.3) is 0 Å². The standard InChI is InChI=1S/C14H18N4O.2ClH/c19-14(8-10-4-3-7-15-10)16-9-13-17-11-5-1-2-6-12(11)18-13;;/h1-2,5-6,10,15H,3-4,7-9H2,(H,16,19)(H,17,18);2*1H. The summed E-state index contributed by atoms with van der Waals surface area (Å²) < 4.78 is 0. The quantitative estimate of drug-likeness (QED) is 0.804. The molecule has 1 aliphatic heterocycles. The summed E-state index contributed by atoms with van der Waals surface area (Å²) >= 11 is 0. The Hall–Kier alpha value is -1.30. The maximum Gasteiger partial charge on any atom is 0.221 e. The molecule has 0 saturated carbocycles. The first-order valence-corrected chi connectivity index (χ1v) is 6.75. The summed E-state index contributed by atoms with van der Waals surface area (Å²) in [6, 6.07) is 8.21. The van der Waals surface area contributed by atoms with Crippen molar-refractivity contribution in [1.29, 1.82) is 0 Å². The van der Waals surface area contributed by atoms with Crippen LogP contribution >= 0.6 is 24.8 Å². The lowest BCUT2D eigenvalue weighted by Crippen LogP contribution is -2.31. The van der Waals surface area contributed by atoms with E-state index in [1.165, 1.54) is 6.42 Å². The minimum atomic E-state index is 0. The molecule has 1 unspecified atom stereocenters. The van der Waals surface area contributed by atoms with E-state index in [0.29, 0.717) is 19.0 Å². The highest BCUT2D eigenvalue weighted by Crippen LogP contribution is 2.11. The van der Waals surface area contributed by atoms with Crippen LogP contribution < -0.4 is 10.6 Å². The monoisotopic (exact) mass is 330 g/mol. The Morgan fingerprint density at radius 3 is 2.86 bits per heavy atom. The van der Waals surface area contributed by atoms with E-state index in [0.717, 1.165) is 29.8 Å². The van der Waals surface area contributed by atoms with Crippen LogP contribution in [-0.2, 0) is 11.3 Å². The SMILES string of the molecule is Cl.Cl.O=C(CC1CCCN1)NCc1nc2ccccc2[nH]1. The highest BCUT2D eigenvalue weighted by atomic mass is 35.5. The predicted molar refractivity (Wildman–Crippen MR) is 88.1 cm³/mol. The number of carbonyl (C=O) groups excluding carboxylic acids is 1. The third-order valence-electron chi connectivity index (χ3n) is 3.49. The minimum Gasteiger partial charge on any atom is -0.349 e. The number of halogens is 2. The number of nitrogens with zero attached hydrogens (tertiary/aromatic N) is 1. The van der Waals surface area contributed by atoms with Crippen molar-refractivity contribution in [1.82, 2.24) is 20.6 Å². The number of imidazole rings is 1. The van der Waals surface area contributed by atoms with Crippen molar-refractivity contribution in [2.24, 2.45) is 0 Å². The van der Waals surface area contributed by atoms with Gasteiger partial charge in [-0.1, -0.05) is 12.1 Å². The van der Waals surface area contributed by atoms with E-state index in [-0.39, 0.29) is 30.7 Å². The van der Waals surface area contributed by atoms with Gasteiger partial charge in [-0.05, 0) is 31.5 Å². The zero-order valence-corrected chi connectivity index (χ0v) is 13.2. The van der Waals surface area contributed by atoms with Gasteiger partial charge in [-0.2, -0.15) is 0 Å².